The molecule has 2 aromatic heterocycles. The van der Waals surface area contributed by atoms with Gasteiger partial charge in [-0.15, -0.1) is 0 Å². The number of hydrogen-bond donors (Lipinski definition) is 3. The largest absolute Gasteiger partial charge is 0.332 e. The Morgan fingerprint density at radius 1 is 0.972 bits per heavy atom. The summed E-state index contributed by atoms with van der Waals surface area (Å²) in [6.07, 6.45) is 4.73. The fourth-order valence-corrected chi connectivity index (χ4v) is 5.84. The topological polar surface area (TPSA) is 86.5 Å². The highest BCUT2D eigenvalue weighted by atomic mass is 35.5. The molecule has 0 aliphatic heterocycles. The van der Waals surface area contributed by atoms with E-state index in [9.17, 15) is 4.79 Å². The molecule has 7 heteroatoms. The molecule has 2 saturated carbocycles. The van der Waals surface area contributed by atoms with Crippen LogP contribution in [0.1, 0.15) is 48.8 Å². The first kappa shape index (κ1) is 23.0. The smallest absolute Gasteiger partial charge is 0.235 e. The third-order valence-corrected chi connectivity index (χ3v) is 7.86. The Bertz CT molecular complexity index is 1350. The van der Waals surface area contributed by atoms with Crippen LogP contribution in [0.2, 0.25) is 5.15 Å². The van der Waals surface area contributed by atoms with Crippen molar-refractivity contribution in [2.24, 2.45) is 17.8 Å². The van der Waals surface area contributed by atoms with Crippen LogP contribution in [0.15, 0.2) is 54.6 Å². The number of aryl methyl sites for hydroxylation is 2. The van der Waals surface area contributed by atoms with Gasteiger partial charge in [0.05, 0.1) is 11.6 Å². The van der Waals surface area contributed by atoms with Crippen molar-refractivity contribution in [3.8, 4) is 22.4 Å². The van der Waals surface area contributed by atoms with Gasteiger partial charge in [0.25, 0.3) is 0 Å². The van der Waals surface area contributed by atoms with Gasteiger partial charge >= 0.3 is 0 Å². The summed E-state index contributed by atoms with van der Waals surface area (Å²) in [6, 6.07) is 17.9. The molecule has 36 heavy (non-hydrogen) atoms. The number of nitrogens with zero attached hydrogens (tertiary/aromatic N) is 2. The second-order valence-electron chi connectivity index (χ2n) is 10.3. The maximum atomic E-state index is 13.9. The van der Waals surface area contributed by atoms with Gasteiger partial charge in [-0.2, -0.15) is 5.10 Å². The summed E-state index contributed by atoms with van der Waals surface area (Å²) in [5, 5.41) is 11.0. The average molecular weight is 500 g/mol. The van der Waals surface area contributed by atoms with Gasteiger partial charge < -0.3 is 10.3 Å². The number of nitrogens with one attached hydrogen (secondary N) is 3. The number of anilines is 1. The third-order valence-electron chi connectivity index (χ3n) is 7.59. The summed E-state index contributed by atoms with van der Waals surface area (Å²) in [5.74, 6) is 1.72. The molecule has 0 bridgehead atoms. The van der Waals surface area contributed by atoms with Crippen molar-refractivity contribution in [1.82, 2.24) is 20.2 Å². The van der Waals surface area contributed by atoms with Gasteiger partial charge in [0.2, 0.25) is 5.91 Å². The molecule has 6 rings (SSSR count). The van der Waals surface area contributed by atoms with E-state index >= 15 is 0 Å². The second-order valence-corrected chi connectivity index (χ2v) is 10.6. The highest BCUT2D eigenvalue weighted by Gasteiger charge is 2.49. The summed E-state index contributed by atoms with van der Waals surface area (Å²) < 4.78 is 0. The second kappa shape index (κ2) is 9.25. The number of aromatic nitrogens is 4. The van der Waals surface area contributed by atoms with E-state index in [4.69, 9.17) is 16.6 Å². The van der Waals surface area contributed by atoms with Crippen molar-refractivity contribution in [3.05, 3.63) is 77.0 Å². The molecule has 2 aliphatic carbocycles. The Hall–Kier alpha value is -3.38. The van der Waals surface area contributed by atoms with Crippen molar-refractivity contribution < 1.29 is 4.79 Å². The number of rotatable bonds is 8. The Kier molecular flexibility index (Phi) is 5.92. The minimum Gasteiger partial charge on any atom is -0.332 e. The lowest BCUT2D eigenvalue weighted by molar-refractivity contribution is -0.119. The summed E-state index contributed by atoms with van der Waals surface area (Å²) in [7, 11) is 0. The minimum atomic E-state index is -0.363. The quantitative estimate of drug-likeness (QED) is 0.246. The fourth-order valence-electron chi connectivity index (χ4n) is 5.59. The SMILES string of the molecule is Cc1n[nH]c(C)c1-c1ccc(NC(=O)C(c2nc(-c3ccccc3)c(Cl)[nH]2)C(C2CC2)C2CC2)cc1. The number of aromatic amines is 2. The molecule has 3 N–H and O–H groups in total. The zero-order valence-electron chi connectivity index (χ0n) is 20.5. The highest BCUT2D eigenvalue weighted by molar-refractivity contribution is 6.32. The van der Waals surface area contributed by atoms with E-state index in [0.29, 0.717) is 28.5 Å². The molecule has 4 aromatic rings. The number of carbonyl (C=O) groups excluding carboxylic acids is 1. The lowest BCUT2D eigenvalue weighted by atomic mass is 9.82. The number of amides is 1. The van der Waals surface area contributed by atoms with Crippen molar-refractivity contribution in [2.75, 3.05) is 5.32 Å². The number of hydrogen-bond acceptors (Lipinski definition) is 3. The molecule has 6 nitrogen and oxygen atoms in total. The zero-order valence-corrected chi connectivity index (χ0v) is 21.3. The zero-order chi connectivity index (χ0) is 24.8. The predicted molar refractivity (Wildman–Crippen MR) is 143 cm³/mol. The van der Waals surface area contributed by atoms with Crippen LogP contribution in [-0.4, -0.2) is 26.1 Å². The number of H-pyrrole nitrogens is 2. The van der Waals surface area contributed by atoms with Crippen molar-refractivity contribution in [2.45, 2.75) is 45.4 Å². The normalized spacial score (nSPS) is 16.3. The van der Waals surface area contributed by atoms with Crippen LogP contribution < -0.4 is 5.32 Å². The number of carbonyl (C=O) groups is 1. The Labute approximate surface area is 215 Å². The van der Waals surface area contributed by atoms with Crippen molar-refractivity contribution in [1.29, 1.82) is 0 Å². The number of benzene rings is 2. The summed E-state index contributed by atoms with van der Waals surface area (Å²) >= 11 is 6.62. The molecule has 2 aliphatic rings. The van der Waals surface area contributed by atoms with Gasteiger partial charge in [0.1, 0.15) is 16.7 Å². The molecule has 2 fully saturated rings. The maximum Gasteiger partial charge on any atom is 0.235 e. The lowest BCUT2D eigenvalue weighted by Gasteiger charge is -2.25. The van der Waals surface area contributed by atoms with Gasteiger partial charge in [-0.25, -0.2) is 4.98 Å². The summed E-state index contributed by atoms with van der Waals surface area (Å²) in [4.78, 5) is 22.0. The van der Waals surface area contributed by atoms with Crippen LogP contribution in [0.3, 0.4) is 0 Å². The highest BCUT2D eigenvalue weighted by Crippen LogP contribution is 2.55. The average Bonchev–Trinajstić information content (AvgIpc) is 3.81. The van der Waals surface area contributed by atoms with Crippen LogP contribution >= 0.6 is 11.6 Å². The van der Waals surface area contributed by atoms with E-state index in [1.54, 1.807) is 0 Å². The number of halogens is 1. The fraction of sp³-hybridized carbons (Fsp3) is 0.345. The molecule has 2 heterocycles. The molecule has 1 atom stereocenters. The van der Waals surface area contributed by atoms with Crippen LogP contribution in [0.4, 0.5) is 5.69 Å². The van der Waals surface area contributed by atoms with E-state index in [2.05, 4.69) is 20.5 Å². The van der Waals surface area contributed by atoms with Crippen LogP contribution in [-0.2, 0) is 4.79 Å². The third kappa shape index (κ3) is 4.46. The first-order valence-electron chi connectivity index (χ1n) is 12.7. The maximum absolute atomic E-state index is 13.9. The molecule has 0 saturated heterocycles. The van der Waals surface area contributed by atoms with E-state index in [0.717, 1.165) is 33.8 Å². The first-order chi connectivity index (χ1) is 17.5. The van der Waals surface area contributed by atoms with Crippen molar-refractivity contribution >= 4 is 23.2 Å². The molecule has 1 amide bonds. The molecule has 0 spiro atoms. The van der Waals surface area contributed by atoms with E-state index in [-0.39, 0.29) is 17.7 Å². The monoisotopic (exact) mass is 499 g/mol. The van der Waals surface area contributed by atoms with Crippen LogP contribution in [0.25, 0.3) is 22.4 Å². The van der Waals surface area contributed by atoms with E-state index in [1.807, 2.05) is 68.4 Å². The molecule has 184 valence electrons. The van der Waals surface area contributed by atoms with Crippen LogP contribution in [0, 0.1) is 31.6 Å². The summed E-state index contributed by atoms with van der Waals surface area (Å²) in [5.41, 5.74) is 6.60. The Morgan fingerprint density at radius 2 is 1.64 bits per heavy atom. The minimum absolute atomic E-state index is 0.0211. The van der Waals surface area contributed by atoms with Gasteiger partial charge in [-0.3, -0.25) is 9.89 Å². The van der Waals surface area contributed by atoms with Crippen molar-refractivity contribution in [3.63, 3.8) is 0 Å². The molecule has 2 aromatic carbocycles. The molecular formula is C29H30ClN5O. The van der Waals surface area contributed by atoms with Crippen LogP contribution in [0.5, 0.6) is 0 Å². The standard InChI is InChI=1S/C29H30ClN5O/c1-16-23(17(2)35-34-16)18-12-14-22(15-13-18)31-29(36)25(24(19-8-9-19)20-10-11-20)28-32-26(27(30)33-28)21-6-4-3-5-7-21/h3-7,12-15,19-20,24-25H,8-11H2,1-2H3,(H,31,36)(H,32,33)(H,34,35). The van der Waals surface area contributed by atoms with Gasteiger partial charge in [-0.1, -0.05) is 54.1 Å². The van der Waals surface area contributed by atoms with Gasteiger partial charge in [0, 0.05) is 22.5 Å². The molecule has 1 unspecified atom stereocenters. The van der Waals surface area contributed by atoms with Gasteiger partial charge in [0.15, 0.2) is 0 Å². The number of imidazole rings is 1. The first-order valence-corrected chi connectivity index (χ1v) is 13.1. The Balaban J connectivity index is 1.30. The molecule has 0 radical (unpaired) electrons. The predicted octanol–water partition coefficient (Wildman–Crippen LogP) is 6.90. The van der Waals surface area contributed by atoms with E-state index < -0.39 is 0 Å². The Morgan fingerprint density at radius 3 is 2.22 bits per heavy atom. The molecular weight excluding hydrogens is 470 g/mol. The lowest BCUT2D eigenvalue weighted by Crippen LogP contribution is -2.31. The van der Waals surface area contributed by atoms with E-state index in [1.165, 1.54) is 25.7 Å². The summed E-state index contributed by atoms with van der Waals surface area (Å²) in [6.45, 7) is 4.01. The van der Waals surface area contributed by atoms with Gasteiger partial charge in [-0.05, 0) is 75.0 Å².